The van der Waals surface area contributed by atoms with Crippen LogP contribution >= 0.6 is 23.7 Å². The van der Waals surface area contributed by atoms with E-state index in [0.29, 0.717) is 18.2 Å². The predicted octanol–water partition coefficient (Wildman–Crippen LogP) is 4.45. The fourth-order valence-electron chi connectivity index (χ4n) is 3.22. The highest BCUT2D eigenvalue weighted by molar-refractivity contribution is 7.13. The number of thiazole rings is 1. The van der Waals surface area contributed by atoms with Gasteiger partial charge < -0.3 is 15.4 Å². The summed E-state index contributed by atoms with van der Waals surface area (Å²) in [6.45, 7) is 2.09. The molecule has 2 aromatic carbocycles. The van der Waals surface area contributed by atoms with Crippen molar-refractivity contribution in [2.24, 2.45) is 11.7 Å². The second kappa shape index (κ2) is 9.19. The number of hydrogen-bond acceptors (Lipinski definition) is 5. The number of aromatic nitrogens is 1. The molecule has 146 valence electrons. The van der Waals surface area contributed by atoms with Crippen molar-refractivity contribution in [1.82, 2.24) is 9.88 Å². The average Bonchev–Trinajstić information content (AvgIpc) is 3.38. The van der Waals surface area contributed by atoms with Crippen LogP contribution in [0, 0.1) is 5.92 Å². The molecule has 28 heavy (non-hydrogen) atoms. The highest BCUT2D eigenvalue weighted by Gasteiger charge is 2.27. The zero-order chi connectivity index (χ0) is 18.6. The van der Waals surface area contributed by atoms with Crippen LogP contribution in [0.15, 0.2) is 60.0 Å². The first-order chi connectivity index (χ1) is 13.2. The highest BCUT2D eigenvalue weighted by atomic mass is 35.5. The van der Waals surface area contributed by atoms with E-state index in [9.17, 15) is 4.79 Å². The van der Waals surface area contributed by atoms with Gasteiger partial charge in [-0.15, -0.1) is 23.7 Å². The van der Waals surface area contributed by atoms with Gasteiger partial charge in [-0.1, -0.05) is 30.3 Å². The summed E-state index contributed by atoms with van der Waals surface area (Å²) in [4.78, 5) is 19.2. The summed E-state index contributed by atoms with van der Waals surface area (Å²) in [6.07, 6.45) is 0.965. The molecule has 0 bridgehead atoms. The minimum atomic E-state index is -0.0186. The molecule has 5 nitrogen and oxygen atoms in total. The predicted molar refractivity (Wildman–Crippen MR) is 114 cm³/mol. The average molecular weight is 416 g/mol. The lowest BCUT2D eigenvalue weighted by atomic mass is 10.1. The van der Waals surface area contributed by atoms with Crippen molar-refractivity contribution in [3.63, 3.8) is 0 Å². The van der Waals surface area contributed by atoms with E-state index in [1.165, 1.54) is 11.3 Å². The molecule has 7 heteroatoms. The van der Waals surface area contributed by atoms with Crippen LogP contribution in [-0.4, -0.2) is 35.4 Å². The molecule has 4 rings (SSSR count). The van der Waals surface area contributed by atoms with Crippen molar-refractivity contribution in [2.45, 2.75) is 6.42 Å². The summed E-state index contributed by atoms with van der Waals surface area (Å²) in [5.41, 5.74) is 7.10. The van der Waals surface area contributed by atoms with Crippen molar-refractivity contribution < 1.29 is 9.53 Å². The fraction of sp³-hybridized carbons (Fsp3) is 0.238. The molecule has 0 unspecified atom stereocenters. The van der Waals surface area contributed by atoms with Gasteiger partial charge in [0, 0.05) is 18.5 Å². The minimum absolute atomic E-state index is 0. The van der Waals surface area contributed by atoms with Crippen molar-refractivity contribution in [3.8, 4) is 22.1 Å². The Morgan fingerprint density at radius 1 is 1.18 bits per heavy atom. The number of benzene rings is 2. The molecule has 1 fully saturated rings. The van der Waals surface area contributed by atoms with Crippen molar-refractivity contribution in [3.05, 3.63) is 65.7 Å². The maximum absolute atomic E-state index is 12.7. The second-order valence-corrected chi connectivity index (χ2v) is 7.45. The van der Waals surface area contributed by atoms with Gasteiger partial charge in [0.25, 0.3) is 5.91 Å². The van der Waals surface area contributed by atoms with Crippen molar-refractivity contribution in [1.29, 1.82) is 0 Å². The molecular weight excluding hydrogens is 394 g/mol. The van der Waals surface area contributed by atoms with Gasteiger partial charge in [-0.2, -0.15) is 0 Å². The number of nitrogens with zero attached hydrogens (tertiary/aromatic N) is 2. The van der Waals surface area contributed by atoms with Crippen LogP contribution in [0.25, 0.3) is 10.6 Å². The van der Waals surface area contributed by atoms with Gasteiger partial charge in [0.1, 0.15) is 22.2 Å². The van der Waals surface area contributed by atoms with Gasteiger partial charge in [-0.05, 0) is 43.1 Å². The molecular formula is C21H22ClN3O2S. The quantitative estimate of drug-likeness (QED) is 0.668. The molecule has 1 aliphatic rings. The summed E-state index contributed by atoms with van der Waals surface area (Å²) >= 11 is 1.46. The molecule has 1 saturated heterocycles. The number of rotatable bonds is 5. The molecule has 0 aliphatic carbocycles. The summed E-state index contributed by atoms with van der Waals surface area (Å²) in [5, 5.41) is 2.60. The van der Waals surface area contributed by atoms with E-state index in [1.54, 1.807) is 0 Å². The van der Waals surface area contributed by atoms with Gasteiger partial charge in [-0.25, -0.2) is 4.98 Å². The van der Waals surface area contributed by atoms with Crippen LogP contribution in [0.4, 0.5) is 0 Å². The van der Waals surface area contributed by atoms with Gasteiger partial charge in [0.2, 0.25) is 0 Å². The number of amides is 1. The second-order valence-electron chi connectivity index (χ2n) is 6.59. The minimum Gasteiger partial charge on any atom is -0.457 e. The summed E-state index contributed by atoms with van der Waals surface area (Å²) < 4.78 is 6.02. The molecule has 0 saturated carbocycles. The van der Waals surface area contributed by atoms with E-state index in [4.69, 9.17) is 10.5 Å². The first-order valence-electron chi connectivity index (χ1n) is 9.02. The first-order valence-corrected chi connectivity index (χ1v) is 9.89. The van der Waals surface area contributed by atoms with E-state index in [-0.39, 0.29) is 18.3 Å². The normalized spacial score (nSPS) is 15.9. The van der Waals surface area contributed by atoms with Gasteiger partial charge in [0.05, 0.1) is 5.56 Å². The standard InChI is InChI=1S/C21H21N3O2S.ClH/c22-12-15-10-11-24(13-15)21(25)18-14-27-20(23-18)17-8-4-5-9-19(17)26-16-6-2-1-3-7-16;/h1-9,14-15H,10-13,22H2;1H/t15-;/m1./s1. The number of hydrogen-bond donors (Lipinski definition) is 1. The molecule has 1 atom stereocenters. The smallest absolute Gasteiger partial charge is 0.273 e. The Morgan fingerprint density at radius 2 is 1.93 bits per heavy atom. The van der Waals surface area contributed by atoms with E-state index < -0.39 is 0 Å². The first kappa shape index (κ1) is 20.3. The summed E-state index contributed by atoms with van der Waals surface area (Å²) in [7, 11) is 0. The Morgan fingerprint density at radius 3 is 2.68 bits per heavy atom. The lowest BCUT2D eigenvalue weighted by Crippen LogP contribution is -2.30. The SMILES string of the molecule is Cl.NC[C@H]1CCN(C(=O)c2csc(-c3ccccc3Oc3ccccc3)n2)C1. The lowest BCUT2D eigenvalue weighted by Gasteiger charge is -2.14. The molecule has 3 aromatic rings. The molecule has 1 aromatic heterocycles. The van der Waals surface area contributed by atoms with Crippen LogP contribution in [0.5, 0.6) is 11.5 Å². The Bertz CT molecular complexity index is 932. The molecule has 2 N–H and O–H groups in total. The third-order valence-electron chi connectivity index (χ3n) is 4.72. The Balaban J connectivity index is 0.00000225. The van der Waals surface area contributed by atoms with Crippen LogP contribution in [0.3, 0.4) is 0 Å². The van der Waals surface area contributed by atoms with E-state index in [0.717, 1.165) is 41.6 Å². The highest BCUT2D eigenvalue weighted by Crippen LogP contribution is 2.35. The molecule has 0 radical (unpaired) electrons. The number of halogens is 1. The summed E-state index contributed by atoms with van der Waals surface area (Å²) in [6, 6.07) is 17.4. The van der Waals surface area contributed by atoms with Crippen LogP contribution in [-0.2, 0) is 0 Å². The van der Waals surface area contributed by atoms with Crippen molar-refractivity contribution in [2.75, 3.05) is 19.6 Å². The van der Waals surface area contributed by atoms with E-state index in [1.807, 2.05) is 64.9 Å². The Hall–Kier alpha value is -2.41. The van der Waals surface area contributed by atoms with Crippen molar-refractivity contribution >= 4 is 29.7 Å². The maximum Gasteiger partial charge on any atom is 0.273 e. The number of ether oxygens (including phenoxy) is 1. The topological polar surface area (TPSA) is 68.5 Å². The van der Waals surface area contributed by atoms with Crippen LogP contribution < -0.4 is 10.5 Å². The van der Waals surface area contributed by atoms with Gasteiger partial charge in [-0.3, -0.25) is 4.79 Å². The number of likely N-dealkylation sites (tertiary alicyclic amines) is 1. The third-order valence-corrected chi connectivity index (χ3v) is 5.59. The largest absolute Gasteiger partial charge is 0.457 e. The number of carbonyl (C=O) groups excluding carboxylic acids is 1. The van der Waals surface area contributed by atoms with E-state index >= 15 is 0 Å². The molecule has 1 amide bonds. The molecule has 0 spiro atoms. The Labute approximate surface area is 174 Å². The van der Waals surface area contributed by atoms with E-state index in [2.05, 4.69) is 4.98 Å². The number of nitrogens with two attached hydrogens (primary N) is 1. The number of para-hydroxylation sites is 2. The lowest BCUT2D eigenvalue weighted by molar-refractivity contribution is 0.0782. The van der Waals surface area contributed by atoms with Crippen LogP contribution in [0.1, 0.15) is 16.9 Å². The monoisotopic (exact) mass is 415 g/mol. The number of carbonyl (C=O) groups is 1. The molecule has 2 heterocycles. The van der Waals surface area contributed by atoms with Gasteiger partial charge in [0.15, 0.2) is 0 Å². The third kappa shape index (κ3) is 4.35. The summed E-state index contributed by atoms with van der Waals surface area (Å²) in [5.74, 6) is 1.87. The zero-order valence-corrected chi connectivity index (χ0v) is 16.9. The Kier molecular flexibility index (Phi) is 6.67. The van der Waals surface area contributed by atoms with Crippen LogP contribution in [0.2, 0.25) is 0 Å². The zero-order valence-electron chi connectivity index (χ0n) is 15.3. The van der Waals surface area contributed by atoms with Gasteiger partial charge >= 0.3 is 0 Å². The molecule has 1 aliphatic heterocycles. The maximum atomic E-state index is 12.7. The fourth-order valence-corrected chi connectivity index (χ4v) is 4.04.